The molecule has 82 valence electrons. The van der Waals surface area contributed by atoms with Gasteiger partial charge < -0.3 is 14.8 Å². The van der Waals surface area contributed by atoms with Crippen LogP contribution in [0.15, 0.2) is 12.1 Å². The predicted octanol–water partition coefficient (Wildman–Crippen LogP) is 1.52. The van der Waals surface area contributed by atoms with Gasteiger partial charge in [-0.1, -0.05) is 0 Å². The van der Waals surface area contributed by atoms with E-state index in [1.54, 1.807) is 0 Å². The van der Waals surface area contributed by atoms with Gasteiger partial charge in [0.15, 0.2) is 11.5 Å². The van der Waals surface area contributed by atoms with Gasteiger partial charge in [-0.3, -0.25) is 0 Å². The summed E-state index contributed by atoms with van der Waals surface area (Å²) in [6.07, 6.45) is 2.20. The largest absolute Gasteiger partial charge is 0.454 e. The van der Waals surface area contributed by atoms with Crippen LogP contribution in [0.1, 0.15) is 11.1 Å². The van der Waals surface area contributed by atoms with Crippen LogP contribution in [0.2, 0.25) is 0 Å². The second-order valence-electron chi connectivity index (χ2n) is 3.87. The van der Waals surface area contributed by atoms with Crippen LogP contribution in [0.25, 0.3) is 0 Å². The number of hydrogen-bond acceptors (Lipinski definition) is 3. The van der Waals surface area contributed by atoms with E-state index < -0.39 is 0 Å². The number of hydrogen-bond donors (Lipinski definition) is 1. The molecule has 0 unspecified atom stereocenters. The molecule has 1 aliphatic carbocycles. The van der Waals surface area contributed by atoms with E-state index in [-0.39, 0.29) is 12.4 Å². The first kappa shape index (κ1) is 10.6. The minimum Gasteiger partial charge on any atom is -0.454 e. The van der Waals surface area contributed by atoms with E-state index in [2.05, 4.69) is 17.4 Å². The summed E-state index contributed by atoms with van der Waals surface area (Å²) in [6, 6.07) is 4.82. The zero-order valence-corrected chi connectivity index (χ0v) is 9.39. The molecule has 0 radical (unpaired) electrons. The van der Waals surface area contributed by atoms with Crippen molar-refractivity contribution in [2.24, 2.45) is 0 Å². The molecular weight excluding hydrogens is 214 g/mol. The maximum Gasteiger partial charge on any atom is 0.231 e. The van der Waals surface area contributed by atoms with Crippen LogP contribution in [0, 0.1) is 0 Å². The second kappa shape index (κ2) is 3.91. The fourth-order valence-corrected chi connectivity index (χ4v) is 2.21. The molecule has 0 bridgehead atoms. The Hall–Kier alpha value is -0.930. The van der Waals surface area contributed by atoms with Crippen molar-refractivity contribution in [2.75, 3.05) is 13.8 Å². The quantitative estimate of drug-likeness (QED) is 0.789. The molecule has 3 nitrogen and oxygen atoms in total. The standard InChI is InChI=1S/C11H13NO2.ClH/c1-12-9-2-7-4-10-11(14-6-13-10)5-8(7)3-9;/h4-5,9,12H,2-3,6H2,1H3;1H. The van der Waals surface area contributed by atoms with Crippen molar-refractivity contribution >= 4 is 12.4 Å². The van der Waals surface area contributed by atoms with Crippen molar-refractivity contribution in [3.05, 3.63) is 23.3 Å². The maximum atomic E-state index is 5.35. The molecule has 0 fully saturated rings. The molecule has 1 heterocycles. The molecule has 0 atom stereocenters. The van der Waals surface area contributed by atoms with E-state index in [0.29, 0.717) is 12.8 Å². The lowest BCUT2D eigenvalue weighted by molar-refractivity contribution is 0.174. The lowest BCUT2D eigenvalue weighted by Gasteiger charge is -2.04. The van der Waals surface area contributed by atoms with Gasteiger partial charge in [0, 0.05) is 6.04 Å². The van der Waals surface area contributed by atoms with Gasteiger partial charge >= 0.3 is 0 Å². The monoisotopic (exact) mass is 227 g/mol. The Kier molecular flexibility index (Phi) is 2.76. The second-order valence-corrected chi connectivity index (χ2v) is 3.87. The van der Waals surface area contributed by atoms with Crippen LogP contribution in [0.5, 0.6) is 11.5 Å². The Labute approximate surface area is 95.2 Å². The van der Waals surface area contributed by atoms with Gasteiger partial charge in [-0.25, -0.2) is 0 Å². The molecule has 0 spiro atoms. The first-order valence-corrected chi connectivity index (χ1v) is 4.95. The third-order valence-corrected chi connectivity index (χ3v) is 3.04. The number of likely N-dealkylation sites (N-methyl/N-ethyl adjacent to an activating group) is 1. The number of ether oxygens (including phenoxy) is 2. The topological polar surface area (TPSA) is 30.5 Å². The molecule has 1 aromatic rings. The summed E-state index contributed by atoms with van der Waals surface area (Å²) in [5, 5.41) is 3.30. The molecule has 15 heavy (non-hydrogen) atoms. The number of benzene rings is 1. The summed E-state index contributed by atoms with van der Waals surface area (Å²) >= 11 is 0. The van der Waals surface area contributed by atoms with Gasteiger partial charge in [0.2, 0.25) is 6.79 Å². The molecule has 1 aromatic carbocycles. The molecule has 1 aliphatic heterocycles. The molecule has 2 aliphatic rings. The number of nitrogens with one attached hydrogen (secondary N) is 1. The predicted molar refractivity (Wildman–Crippen MR) is 60.1 cm³/mol. The highest BCUT2D eigenvalue weighted by Gasteiger charge is 2.24. The average Bonchev–Trinajstić information content (AvgIpc) is 2.77. The van der Waals surface area contributed by atoms with Crippen LogP contribution in [-0.2, 0) is 12.8 Å². The van der Waals surface area contributed by atoms with Crippen LogP contribution in [-0.4, -0.2) is 19.9 Å². The average molecular weight is 228 g/mol. The van der Waals surface area contributed by atoms with Crippen LogP contribution in [0.3, 0.4) is 0 Å². The van der Waals surface area contributed by atoms with E-state index >= 15 is 0 Å². The molecule has 0 saturated heterocycles. The van der Waals surface area contributed by atoms with Crippen LogP contribution in [0.4, 0.5) is 0 Å². The summed E-state index contributed by atoms with van der Waals surface area (Å²) in [5.74, 6) is 1.81. The van der Waals surface area contributed by atoms with Gasteiger partial charge in [-0.15, -0.1) is 12.4 Å². The Bertz CT molecular complexity index is 348. The van der Waals surface area contributed by atoms with Crippen molar-refractivity contribution in [1.29, 1.82) is 0 Å². The fourth-order valence-electron chi connectivity index (χ4n) is 2.21. The molecule has 0 aromatic heterocycles. The summed E-state index contributed by atoms with van der Waals surface area (Å²) in [6.45, 7) is 0.369. The zero-order valence-electron chi connectivity index (χ0n) is 8.58. The molecule has 0 amide bonds. The molecule has 3 rings (SSSR count). The van der Waals surface area contributed by atoms with Crippen molar-refractivity contribution in [3.8, 4) is 11.5 Å². The number of fused-ring (bicyclic) bond motifs is 2. The van der Waals surface area contributed by atoms with E-state index in [0.717, 1.165) is 24.3 Å². The highest BCUT2D eigenvalue weighted by molar-refractivity contribution is 5.85. The van der Waals surface area contributed by atoms with Crippen molar-refractivity contribution in [3.63, 3.8) is 0 Å². The molecule has 1 N–H and O–H groups in total. The Balaban J connectivity index is 0.000000853. The summed E-state index contributed by atoms with van der Waals surface area (Å²) in [7, 11) is 2.01. The van der Waals surface area contributed by atoms with Gasteiger partial charge in [0.05, 0.1) is 0 Å². The summed E-state index contributed by atoms with van der Waals surface area (Å²) < 4.78 is 10.7. The van der Waals surface area contributed by atoms with Crippen LogP contribution < -0.4 is 14.8 Å². The van der Waals surface area contributed by atoms with Gasteiger partial charge in [0.1, 0.15) is 0 Å². The van der Waals surface area contributed by atoms with Gasteiger partial charge in [-0.05, 0) is 43.1 Å². The highest BCUT2D eigenvalue weighted by Crippen LogP contribution is 2.37. The third kappa shape index (κ3) is 1.66. The smallest absolute Gasteiger partial charge is 0.231 e. The third-order valence-electron chi connectivity index (χ3n) is 3.04. The Morgan fingerprint density at radius 1 is 1.13 bits per heavy atom. The van der Waals surface area contributed by atoms with Gasteiger partial charge in [-0.2, -0.15) is 0 Å². The molecule has 0 saturated carbocycles. The Morgan fingerprint density at radius 2 is 1.67 bits per heavy atom. The van der Waals surface area contributed by atoms with E-state index in [1.165, 1.54) is 11.1 Å². The van der Waals surface area contributed by atoms with Crippen molar-refractivity contribution < 1.29 is 9.47 Å². The fraction of sp³-hybridized carbons (Fsp3) is 0.455. The first-order valence-electron chi connectivity index (χ1n) is 4.95. The van der Waals surface area contributed by atoms with Gasteiger partial charge in [0.25, 0.3) is 0 Å². The molecular formula is C11H14ClNO2. The van der Waals surface area contributed by atoms with Crippen LogP contribution >= 0.6 is 12.4 Å². The number of rotatable bonds is 1. The maximum absolute atomic E-state index is 5.35. The minimum absolute atomic E-state index is 0. The lowest BCUT2D eigenvalue weighted by atomic mass is 10.1. The first-order chi connectivity index (χ1) is 6.86. The summed E-state index contributed by atoms with van der Waals surface area (Å²) in [4.78, 5) is 0. The van der Waals surface area contributed by atoms with E-state index in [4.69, 9.17) is 9.47 Å². The zero-order chi connectivity index (χ0) is 9.54. The van der Waals surface area contributed by atoms with Crippen molar-refractivity contribution in [1.82, 2.24) is 5.32 Å². The van der Waals surface area contributed by atoms with E-state index in [9.17, 15) is 0 Å². The normalized spacial score (nSPS) is 17.4. The summed E-state index contributed by atoms with van der Waals surface area (Å²) in [5.41, 5.74) is 2.79. The lowest BCUT2D eigenvalue weighted by Crippen LogP contribution is -2.24. The SMILES string of the molecule is CNC1Cc2cc3c(cc2C1)OCO3.Cl. The number of halogens is 1. The van der Waals surface area contributed by atoms with E-state index in [1.807, 2.05) is 7.05 Å². The molecule has 4 heteroatoms. The Morgan fingerprint density at radius 3 is 2.13 bits per heavy atom. The highest BCUT2D eigenvalue weighted by atomic mass is 35.5. The minimum atomic E-state index is 0. The van der Waals surface area contributed by atoms with Crippen molar-refractivity contribution in [2.45, 2.75) is 18.9 Å².